The van der Waals surface area contributed by atoms with Gasteiger partial charge in [-0.15, -0.1) is 0 Å². The first-order valence-corrected chi connectivity index (χ1v) is 6.56. The van der Waals surface area contributed by atoms with Gasteiger partial charge in [-0.1, -0.05) is 0 Å². The molecule has 0 spiro atoms. The number of rotatable bonds is 3. The SMILES string of the molecule is COc1ccc(S(=O)(=O)Cl)cc1NC(C)=O. The third-order valence-corrected chi connectivity index (χ3v) is 3.11. The number of carbonyl (C=O) groups excluding carboxylic acids is 1. The van der Waals surface area contributed by atoms with Crippen LogP contribution in [-0.2, 0) is 13.8 Å². The molecule has 1 rings (SSSR count). The van der Waals surface area contributed by atoms with Gasteiger partial charge in [0.25, 0.3) is 9.05 Å². The van der Waals surface area contributed by atoms with Crippen LogP contribution in [0.3, 0.4) is 0 Å². The molecule has 1 N–H and O–H groups in total. The molecule has 1 aromatic rings. The highest BCUT2D eigenvalue weighted by molar-refractivity contribution is 8.13. The van der Waals surface area contributed by atoms with Gasteiger partial charge in [-0.3, -0.25) is 4.79 Å². The van der Waals surface area contributed by atoms with Gasteiger partial charge in [0.05, 0.1) is 17.7 Å². The second kappa shape index (κ2) is 4.71. The van der Waals surface area contributed by atoms with E-state index in [0.717, 1.165) is 0 Å². The minimum Gasteiger partial charge on any atom is -0.495 e. The van der Waals surface area contributed by atoms with Gasteiger partial charge in [0, 0.05) is 17.6 Å². The van der Waals surface area contributed by atoms with Crippen LogP contribution >= 0.6 is 10.7 Å². The fourth-order valence-electron chi connectivity index (χ4n) is 1.13. The highest BCUT2D eigenvalue weighted by Crippen LogP contribution is 2.28. The Morgan fingerprint density at radius 2 is 2.06 bits per heavy atom. The fraction of sp³-hybridized carbons (Fsp3) is 0.222. The van der Waals surface area contributed by atoms with Gasteiger partial charge < -0.3 is 10.1 Å². The smallest absolute Gasteiger partial charge is 0.261 e. The summed E-state index contributed by atoms with van der Waals surface area (Å²) >= 11 is 0. The summed E-state index contributed by atoms with van der Waals surface area (Å²) in [4.78, 5) is 10.8. The standard InChI is InChI=1S/C9H10ClNO4S/c1-6(12)11-8-5-7(16(10,13)14)3-4-9(8)15-2/h3-5H,1-2H3,(H,11,12). The van der Waals surface area contributed by atoms with Crippen LogP contribution in [0.25, 0.3) is 0 Å². The summed E-state index contributed by atoms with van der Waals surface area (Å²) in [5, 5.41) is 2.45. The number of halogens is 1. The molecule has 0 aromatic heterocycles. The first-order chi connectivity index (χ1) is 7.34. The molecule has 16 heavy (non-hydrogen) atoms. The van der Waals surface area contributed by atoms with E-state index in [2.05, 4.69) is 5.32 Å². The molecule has 0 saturated carbocycles. The van der Waals surface area contributed by atoms with Gasteiger partial charge in [0.15, 0.2) is 0 Å². The average molecular weight is 264 g/mol. The molecule has 1 amide bonds. The molecule has 1 aromatic carbocycles. The molecular weight excluding hydrogens is 254 g/mol. The van der Waals surface area contributed by atoms with Crippen molar-refractivity contribution in [2.45, 2.75) is 11.8 Å². The zero-order chi connectivity index (χ0) is 12.3. The van der Waals surface area contributed by atoms with Crippen molar-refractivity contribution in [2.24, 2.45) is 0 Å². The molecule has 0 fully saturated rings. The van der Waals surface area contributed by atoms with Gasteiger partial charge in [-0.25, -0.2) is 8.42 Å². The Kier molecular flexibility index (Phi) is 3.77. The minimum absolute atomic E-state index is 0.0984. The summed E-state index contributed by atoms with van der Waals surface area (Å²) in [6, 6.07) is 3.95. The van der Waals surface area contributed by atoms with Crippen molar-refractivity contribution in [1.82, 2.24) is 0 Å². The van der Waals surface area contributed by atoms with Crippen molar-refractivity contribution in [1.29, 1.82) is 0 Å². The molecule has 0 atom stereocenters. The lowest BCUT2D eigenvalue weighted by Crippen LogP contribution is -2.07. The highest BCUT2D eigenvalue weighted by Gasteiger charge is 2.13. The molecule has 0 heterocycles. The molecule has 5 nitrogen and oxygen atoms in total. The zero-order valence-corrected chi connectivity index (χ0v) is 10.2. The summed E-state index contributed by atoms with van der Waals surface area (Å²) in [6.07, 6.45) is 0. The third kappa shape index (κ3) is 3.11. The summed E-state index contributed by atoms with van der Waals surface area (Å²) in [5.74, 6) is 0.0293. The molecule has 0 saturated heterocycles. The quantitative estimate of drug-likeness (QED) is 0.841. The van der Waals surface area contributed by atoms with E-state index < -0.39 is 9.05 Å². The third-order valence-electron chi connectivity index (χ3n) is 1.76. The Hall–Kier alpha value is -1.27. The lowest BCUT2D eigenvalue weighted by Gasteiger charge is -2.09. The number of hydrogen-bond acceptors (Lipinski definition) is 4. The van der Waals surface area contributed by atoms with Crippen molar-refractivity contribution in [2.75, 3.05) is 12.4 Å². The summed E-state index contributed by atoms with van der Waals surface area (Å²) in [7, 11) is 2.77. The Morgan fingerprint density at radius 3 is 2.50 bits per heavy atom. The van der Waals surface area contributed by atoms with Crippen LogP contribution in [0.2, 0.25) is 0 Å². The molecule has 0 radical (unpaired) electrons. The molecule has 0 aliphatic heterocycles. The van der Waals surface area contributed by atoms with Crippen LogP contribution in [-0.4, -0.2) is 21.4 Å². The highest BCUT2D eigenvalue weighted by atomic mass is 35.7. The summed E-state index contributed by atoms with van der Waals surface area (Å²) in [5.41, 5.74) is 0.261. The number of benzene rings is 1. The number of amides is 1. The van der Waals surface area contributed by atoms with Crippen LogP contribution in [0.5, 0.6) is 5.75 Å². The van der Waals surface area contributed by atoms with Crippen molar-refractivity contribution in [3.8, 4) is 5.75 Å². The van der Waals surface area contributed by atoms with E-state index in [0.29, 0.717) is 5.75 Å². The first kappa shape index (κ1) is 12.8. The van der Waals surface area contributed by atoms with Gasteiger partial charge in [0.1, 0.15) is 5.75 Å². The molecule has 0 unspecified atom stereocenters. The first-order valence-electron chi connectivity index (χ1n) is 4.25. The molecule has 0 aliphatic carbocycles. The Labute approximate surface area is 97.8 Å². The van der Waals surface area contributed by atoms with Crippen LogP contribution < -0.4 is 10.1 Å². The summed E-state index contributed by atoms with van der Waals surface area (Å²) < 4.78 is 27.1. The van der Waals surface area contributed by atoms with E-state index in [1.54, 1.807) is 0 Å². The molecule has 0 bridgehead atoms. The Morgan fingerprint density at radius 1 is 1.44 bits per heavy atom. The molecule has 7 heteroatoms. The Balaban J connectivity index is 3.27. The van der Waals surface area contributed by atoms with Crippen molar-refractivity contribution < 1.29 is 17.9 Å². The number of nitrogens with one attached hydrogen (secondary N) is 1. The van der Waals surface area contributed by atoms with Gasteiger partial charge in [-0.05, 0) is 18.2 Å². The Bertz CT molecular complexity index is 512. The second-order valence-corrected chi connectivity index (χ2v) is 5.55. The van der Waals surface area contributed by atoms with Gasteiger partial charge in [-0.2, -0.15) is 0 Å². The predicted molar refractivity (Wildman–Crippen MR) is 60.3 cm³/mol. The van der Waals surface area contributed by atoms with Crippen LogP contribution in [0.15, 0.2) is 23.1 Å². The van der Waals surface area contributed by atoms with E-state index >= 15 is 0 Å². The molecular formula is C9H10ClNO4S. The maximum Gasteiger partial charge on any atom is 0.261 e. The maximum absolute atomic E-state index is 11.1. The van der Waals surface area contributed by atoms with Gasteiger partial charge in [0.2, 0.25) is 5.91 Å². The largest absolute Gasteiger partial charge is 0.495 e. The lowest BCUT2D eigenvalue weighted by atomic mass is 10.3. The van der Waals surface area contributed by atoms with E-state index in [4.69, 9.17) is 15.4 Å². The molecule has 88 valence electrons. The van der Waals surface area contributed by atoms with Crippen molar-refractivity contribution in [3.05, 3.63) is 18.2 Å². The molecule has 0 aliphatic rings. The van der Waals surface area contributed by atoms with Crippen molar-refractivity contribution >= 4 is 31.3 Å². The number of carbonyl (C=O) groups is 1. The van der Waals surface area contributed by atoms with Crippen LogP contribution in [0, 0.1) is 0 Å². The average Bonchev–Trinajstić information content (AvgIpc) is 2.15. The minimum atomic E-state index is -3.82. The number of anilines is 1. The van der Waals surface area contributed by atoms with E-state index in [-0.39, 0.29) is 16.5 Å². The van der Waals surface area contributed by atoms with Crippen molar-refractivity contribution in [3.63, 3.8) is 0 Å². The number of ether oxygens (including phenoxy) is 1. The maximum atomic E-state index is 11.1. The predicted octanol–water partition coefficient (Wildman–Crippen LogP) is 1.58. The zero-order valence-electron chi connectivity index (χ0n) is 8.65. The van der Waals surface area contributed by atoms with E-state index in [1.165, 1.54) is 32.2 Å². The van der Waals surface area contributed by atoms with Crippen LogP contribution in [0.1, 0.15) is 6.92 Å². The summed E-state index contributed by atoms with van der Waals surface area (Å²) in [6.45, 7) is 1.31. The normalized spacial score (nSPS) is 10.9. The topological polar surface area (TPSA) is 72.5 Å². The van der Waals surface area contributed by atoms with E-state index in [9.17, 15) is 13.2 Å². The van der Waals surface area contributed by atoms with E-state index in [1.807, 2.05) is 0 Å². The monoisotopic (exact) mass is 263 g/mol. The van der Waals surface area contributed by atoms with Crippen LogP contribution in [0.4, 0.5) is 5.69 Å². The fourth-order valence-corrected chi connectivity index (χ4v) is 1.90. The number of methoxy groups -OCH3 is 1. The lowest BCUT2D eigenvalue weighted by molar-refractivity contribution is -0.114. The second-order valence-electron chi connectivity index (χ2n) is 2.98. The number of hydrogen-bond donors (Lipinski definition) is 1. The van der Waals surface area contributed by atoms with Gasteiger partial charge >= 0.3 is 0 Å².